The molecule has 0 bridgehead atoms. The minimum absolute atomic E-state index is 0.0431. The number of amides is 1. The largest absolute Gasteiger partial charge is 0.370 e. The van der Waals surface area contributed by atoms with Crippen LogP contribution in [0.2, 0.25) is 0 Å². The number of nitrogens with one attached hydrogen (secondary N) is 1. The third kappa shape index (κ3) is 7.65. The van der Waals surface area contributed by atoms with Crippen molar-refractivity contribution in [1.82, 2.24) is 30.2 Å². The highest BCUT2D eigenvalue weighted by Gasteiger charge is 2.26. The van der Waals surface area contributed by atoms with Crippen LogP contribution in [0.15, 0.2) is 96.5 Å². The molecule has 4 heterocycles. The van der Waals surface area contributed by atoms with E-state index in [2.05, 4.69) is 35.1 Å². The zero-order valence-corrected chi connectivity index (χ0v) is 21.0. The molecule has 0 aromatic carbocycles. The van der Waals surface area contributed by atoms with E-state index in [1.54, 1.807) is 30.9 Å². The van der Waals surface area contributed by atoms with Gasteiger partial charge in [0.25, 0.3) is 5.91 Å². The van der Waals surface area contributed by atoms with Crippen LogP contribution in [0, 0.1) is 0 Å². The fraction of sp³-hybridized carbons (Fsp3) is 0.214. The highest BCUT2D eigenvalue weighted by molar-refractivity contribution is 5.93. The summed E-state index contributed by atoms with van der Waals surface area (Å²) in [5.41, 5.74) is 14.6. The minimum atomic E-state index is -0.227. The van der Waals surface area contributed by atoms with E-state index in [0.29, 0.717) is 38.2 Å². The Hall–Kier alpha value is -4.70. The van der Waals surface area contributed by atoms with Crippen LogP contribution in [0.5, 0.6) is 0 Å². The normalized spacial score (nSPS) is 10.9. The zero-order valence-electron chi connectivity index (χ0n) is 21.0. The number of guanidine groups is 1. The smallest absolute Gasteiger partial charge is 0.252 e. The summed E-state index contributed by atoms with van der Waals surface area (Å²) in [5.74, 6) is -0.152. The Bertz CT molecular complexity index is 1260. The average molecular weight is 510 g/mol. The molecule has 0 radical (unpaired) electrons. The van der Waals surface area contributed by atoms with Gasteiger partial charge in [-0.3, -0.25) is 34.6 Å². The quantitative estimate of drug-likeness (QED) is 0.150. The molecule has 0 unspecified atom stereocenters. The number of aliphatic imine (C=N–C) groups is 1. The SMILES string of the molecule is NC(N)=NCCCNC(=O)c1ccc(CN(Cc2ccccn2)C(c2ccccn2)c2ccccn2)nc1. The van der Waals surface area contributed by atoms with Crippen LogP contribution in [-0.4, -0.2) is 49.8 Å². The van der Waals surface area contributed by atoms with E-state index in [9.17, 15) is 4.79 Å². The molecule has 0 atom stereocenters. The summed E-state index contributed by atoms with van der Waals surface area (Å²) in [5, 5.41) is 2.86. The molecule has 1 amide bonds. The lowest BCUT2D eigenvalue weighted by molar-refractivity contribution is 0.0953. The van der Waals surface area contributed by atoms with E-state index in [4.69, 9.17) is 11.5 Å². The molecule has 4 aromatic heterocycles. The molecule has 0 saturated heterocycles. The van der Waals surface area contributed by atoms with Gasteiger partial charge < -0.3 is 16.8 Å². The topological polar surface area (TPSA) is 148 Å². The molecule has 4 aromatic rings. The van der Waals surface area contributed by atoms with Gasteiger partial charge in [0.2, 0.25) is 0 Å². The number of carbonyl (C=O) groups is 1. The van der Waals surface area contributed by atoms with Crippen LogP contribution in [0.4, 0.5) is 0 Å². The van der Waals surface area contributed by atoms with Gasteiger partial charge in [-0.15, -0.1) is 0 Å². The fourth-order valence-electron chi connectivity index (χ4n) is 3.99. The summed E-state index contributed by atoms with van der Waals surface area (Å²) in [4.78, 5) is 37.1. The van der Waals surface area contributed by atoms with Crippen LogP contribution in [0.25, 0.3) is 0 Å². The summed E-state index contributed by atoms with van der Waals surface area (Å²) in [7, 11) is 0. The van der Waals surface area contributed by atoms with Crippen molar-refractivity contribution < 1.29 is 4.79 Å². The first kappa shape index (κ1) is 26.4. The Balaban J connectivity index is 1.54. The van der Waals surface area contributed by atoms with Gasteiger partial charge in [-0.05, 0) is 55.0 Å². The number of pyridine rings is 4. The molecule has 0 aliphatic heterocycles. The van der Waals surface area contributed by atoms with E-state index in [1.807, 2.05) is 60.7 Å². The molecule has 10 nitrogen and oxygen atoms in total. The first-order valence-corrected chi connectivity index (χ1v) is 12.3. The van der Waals surface area contributed by atoms with Crippen molar-refractivity contribution in [2.75, 3.05) is 13.1 Å². The predicted molar refractivity (Wildman–Crippen MR) is 146 cm³/mol. The van der Waals surface area contributed by atoms with Crippen LogP contribution in [0.3, 0.4) is 0 Å². The molecule has 38 heavy (non-hydrogen) atoms. The van der Waals surface area contributed by atoms with E-state index >= 15 is 0 Å². The van der Waals surface area contributed by atoms with Crippen LogP contribution >= 0.6 is 0 Å². The Kier molecular flexibility index (Phi) is 9.41. The number of hydrogen-bond acceptors (Lipinski definition) is 7. The second-order valence-corrected chi connectivity index (χ2v) is 8.59. The summed E-state index contributed by atoms with van der Waals surface area (Å²) in [6, 6.07) is 21.0. The molecule has 5 N–H and O–H groups in total. The maximum absolute atomic E-state index is 12.5. The van der Waals surface area contributed by atoms with Crippen LogP contribution in [-0.2, 0) is 13.1 Å². The number of aromatic nitrogens is 4. The molecule has 0 aliphatic rings. The van der Waals surface area contributed by atoms with E-state index < -0.39 is 0 Å². The second-order valence-electron chi connectivity index (χ2n) is 8.59. The first-order chi connectivity index (χ1) is 18.6. The Morgan fingerprint density at radius 3 is 1.97 bits per heavy atom. The molecule has 0 aliphatic carbocycles. The monoisotopic (exact) mass is 509 g/mol. The maximum atomic E-state index is 12.5. The highest BCUT2D eigenvalue weighted by atomic mass is 16.1. The highest BCUT2D eigenvalue weighted by Crippen LogP contribution is 2.28. The number of hydrogen-bond donors (Lipinski definition) is 3. The summed E-state index contributed by atoms with van der Waals surface area (Å²) < 4.78 is 0. The van der Waals surface area contributed by atoms with Crippen molar-refractivity contribution >= 4 is 11.9 Å². The van der Waals surface area contributed by atoms with Gasteiger partial charge in [0, 0.05) is 51.0 Å². The Morgan fingerprint density at radius 2 is 1.45 bits per heavy atom. The maximum Gasteiger partial charge on any atom is 0.252 e. The van der Waals surface area contributed by atoms with E-state index in [-0.39, 0.29) is 17.9 Å². The van der Waals surface area contributed by atoms with E-state index in [1.165, 1.54) is 0 Å². The Labute approximate surface area is 221 Å². The van der Waals surface area contributed by atoms with Crippen molar-refractivity contribution in [2.45, 2.75) is 25.6 Å². The fourth-order valence-corrected chi connectivity index (χ4v) is 3.99. The lowest BCUT2D eigenvalue weighted by atomic mass is 10.1. The summed E-state index contributed by atoms with van der Waals surface area (Å²) >= 11 is 0. The summed E-state index contributed by atoms with van der Waals surface area (Å²) in [6.45, 7) is 1.97. The van der Waals surface area contributed by atoms with Crippen molar-refractivity contribution in [3.63, 3.8) is 0 Å². The second kappa shape index (κ2) is 13.6. The molecule has 0 spiro atoms. The number of rotatable bonds is 12. The molecule has 194 valence electrons. The van der Waals surface area contributed by atoms with Crippen LogP contribution < -0.4 is 16.8 Å². The first-order valence-electron chi connectivity index (χ1n) is 12.3. The number of carbonyl (C=O) groups excluding carboxylic acids is 1. The number of nitrogens with zero attached hydrogens (tertiary/aromatic N) is 6. The van der Waals surface area contributed by atoms with Crippen molar-refractivity contribution in [1.29, 1.82) is 0 Å². The van der Waals surface area contributed by atoms with E-state index in [0.717, 1.165) is 22.8 Å². The van der Waals surface area contributed by atoms with Gasteiger partial charge in [-0.25, -0.2) is 0 Å². The average Bonchev–Trinajstić information content (AvgIpc) is 2.95. The minimum Gasteiger partial charge on any atom is -0.370 e. The van der Waals surface area contributed by atoms with Gasteiger partial charge in [0.1, 0.15) is 0 Å². The van der Waals surface area contributed by atoms with Gasteiger partial charge >= 0.3 is 0 Å². The van der Waals surface area contributed by atoms with Crippen LogP contribution in [0.1, 0.15) is 45.6 Å². The van der Waals surface area contributed by atoms with Gasteiger partial charge in [-0.1, -0.05) is 18.2 Å². The molecule has 4 rings (SSSR count). The lowest BCUT2D eigenvalue weighted by Crippen LogP contribution is -2.31. The standard InChI is InChI=1S/C28H31N9O/c29-28(30)35-17-7-16-34-27(38)21-11-12-23(36-18-21)20-37(19-22-8-1-4-13-31-22)26(24-9-2-5-14-32-24)25-10-3-6-15-33-25/h1-6,8-15,18,26H,7,16-17,19-20H2,(H,34,38)(H4,29,30,35). The lowest BCUT2D eigenvalue weighted by Gasteiger charge is -2.30. The molecule has 0 fully saturated rings. The van der Waals surface area contributed by atoms with Crippen molar-refractivity contribution in [3.05, 3.63) is 120 Å². The summed E-state index contributed by atoms with van der Waals surface area (Å²) in [6.07, 6.45) is 7.59. The van der Waals surface area contributed by atoms with Gasteiger partial charge in [0.05, 0.1) is 34.4 Å². The molecular weight excluding hydrogens is 478 g/mol. The van der Waals surface area contributed by atoms with Crippen molar-refractivity contribution in [3.8, 4) is 0 Å². The van der Waals surface area contributed by atoms with Crippen molar-refractivity contribution in [2.24, 2.45) is 16.5 Å². The third-order valence-corrected chi connectivity index (χ3v) is 5.76. The predicted octanol–water partition coefficient (Wildman–Crippen LogP) is 2.45. The zero-order chi connectivity index (χ0) is 26.6. The van der Waals surface area contributed by atoms with Gasteiger partial charge in [0.15, 0.2) is 5.96 Å². The Morgan fingerprint density at radius 1 is 0.816 bits per heavy atom. The van der Waals surface area contributed by atoms with Gasteiger partial charge in [-0.2, -0.15) is 0 Å². The molecule has 10 heteroatoms. The molecular formula is C28H31N9O. The number of nitrogens with two attached hydrogens (primary N) is 2. The third-order valence-electron chi connectivity index (χ3n) is 5.76. The molecule has 0 saturated carbocycles.